The minimum atomic E-state index is -0.241. The molecule has 0 radical (unpaired) electrons. The van der Waals surface area contributed by atoms with Crippen molar-refractivity contribution >= 4 is 40.1 Å². The van der Waals surface area contributed by atoms with Gasteiger partial charge in [0.05, 0.1) is 30.1 Å². The predicted molar refractivity (Wildman–Crippen MR) is 133 cm³/mol. The number of ether oxygens (including phenoxy) is 1. The molecule has 0 bridgehead atoms. The Balaban J connectivity index is 1.42. The lowest BCUT2D eigenvalue weighted by molar-refractivity contribution is -0.121. The molecule has 3 aromatic carbocycles. The first-order chi connectivity index (χ1) is 16.0. The Morgan fingerprint density at radius 2 is 1.67 bits per heavy atom. The molecule has 0 spiro atoms. The number of benzene rings is 3. The third-order valence-electron chi connectivity index (χ3n) is 5.34. The topological polar surface area (TPSA) is 56.2 Å². The number of aromatic nitrogens is 2. The number of aryl methyl sites for hydroxylation is 1. The zero-order chi connectivity index (χ0) is 23.2. The Hall–Kier alpha value is -3.02. The number of fused-ring (bicyclic) bond motifs is 1. The fourth-order valence-corrected chi connectivity index (χ4v) is 4.00. The van der Waals surface area contributed by atoms with Crippen molar-refractivity contribution in [1.82, 2.24) is 14.9 Å². The van der Waals surface area contributed by atoms with Crippen LogP contribution in [0.2, 0.25) is 10.0 Å². The lowest BCUT2D eigenvalue weighted by atomic mass is 10.1. The molecule has 1 unspecified atom stereocenters. The molecule has 4 rings (SSSR count). The van der Waals surface area contributed by atoms with Crippen LogP contribution >= 0.6 is 23.2 Å². The van der Waals surface area contributed by atoms with Crippen molar-refractivity contribution in [3.05, 3.63) is 94.2 Å². The molecule has 0 aliphatic carbocycles. The number of amides is 1. The zero-order valence-electron chi connectivity index (χ0n) is 18.3. The lowest BCUT2D eigenvalue weighted by Crippen LogP contribution is -2.30. The summed E-state index contributed by atoms with van der Waals surface area (Å²) in [5.74, 6) is 1.56. The molecule has 0 aliphatic heterocycles. The molecule has 0 saturated carbocycles. The van der Waals surface area contributed by atoms with Crippen molar-refractivity contribution in [3.63, 3.8) is 0 Å². The number of carbonyl (C=O) groups is 1. The molecule has 1 amide bonds. The Bertz CT molecular complexity index is 1220. The van der Waals surface area contributed by atoms with Crippen molar-refractivity contribution in [3.8, 4) is 5.75 Å². The summed E-state index contributed by atoms with van der Waals surface area (Å²) in [4.78, 5) is 17.4. The largest absolute Gasteiger partial charge is 0.494 e. The molecule has 33 heavy (non-hydrogen) atoms. The molecule has 1 atom stereocenters. The number of para-hydroxylation sites is 2. The average molecular weight is 482 g/mol. The van der Waals surface area contributed by atoms with Gasteiger partial charge in [-0.15, -0.1) is 0 Å². The predicted octanol–water partition coefficient (Wildman–Crippen LogP) is 6.23. The number of imidazole rings is 1. The van der Waals surface area contributed by atoms with Gasteiger partial charge in [0.1, 0.15) is 11.6 Å². The summed E-state index contributed by atoms with van der Waals surface area (Å²) in [6.07, 6.45) is 1.08. The maximum Gasteiger partial charge on any atom is 0.224 e. The van der Waals surface area contributed by atoms with E-state index >= 15 is 0 Å². The number of nitrogens with zero attached hydrogens (tertiary/aromatic N) is 2. The van der Waals surface area contributed by atoms with Crippen LogP contribution in [0.5, 0.6) is 5.75 Å². The van der Waals surface area contributed by atoms with E-state index in [1.54, 1.807) is 12.1 Å². The maximum absolute atomic E-state index is 12.6. The van der Waals surface area contributed by atoms with Gasteiger partial charge in [0.25, 0.3) is 0 Å². The van der Waals surface area contributed by atoms with Gasteiger partial charge in [-0.1, -0.05) is 47.5 Å². The highest BCUT2D eigenvalue weighted by Crippen LogP contribution is 2.22. The minimum absolute atomic E-state index is 0.0606. The van der Waals surface area contributed by atoms with Gasteiger partial charge in [-0.05, 0) is 67.4 Å². The van der Waals surface area contributed by atoms with Gasteiger partial charge in [0, 0.05) is 16.6 Å². The normalized spacial score (nSPS) is 12.0. The first kappa shape index (κ1) is 23.1. The van der Waals surface area contributed by atoms with E-state index < -0.39 is 0 Å². The smallest absolute Gasteiger partial charge is 0.224 e. The van der Waals surface area contributed by atoms with E-state index in [4.69, 9.17) is 32.9 Å². The molecular formula is C26H25Cl2N3O2. The summed E-state index contributed by atoms with van der Waals surface area (Å²) in [5.41, 5.74) is 2.86. The summed E-state index contributed by atoms with van der Waals surface area (Å²) in [7, 11) is 0. The highest BCUT2D eigenvalue weighted by molar-refractivity contribution is 6.30. The van der Waals surface area contributed by atoms with E-state index in [1.165, 1.54) is 0 Å². The summed E-state index contributed by atoms with van der Waals surface area (Å²) in [5, 5.41) is 4.42. The zero-order valence-corrected chi connectivity index (χ0v) is 19.8. The molecule has 1 N–H and O–H groups in total. The minimum Gasteiger partial charge on any atom is -0.494 e. The van der Waals surface area contributed by atoms with Gasteiger partial charge in [0.2, 0.25) is 5.91 Å². The Labute approximate surface area is 203 Å². The van der Waals surface area contributed by atoms with Crippen LogP contribution in [-0.4, -0.2) is 22.1 Å². The Kier molecular flexibility index (Phi) is 7.53. The number of nitrogens with one attached hydrogen (secondary N) is 1. The number of hydrogen-bond donors (Lipinski definition) is 1. The van der Waals surface area contributed by atoms with Crippen LogP contribution in [0.4, 0.5) is 0 Å². The van der Waals surface area contributed by atoms with Crippen molar-refractivity contribution in [2.24, 2.45) is 0 Å². The maximum atomic E-state index is 12.6. The molecule has 7 heteroatoms. The van der Waals surface area contributed by atoms with Crippen molar-refractivity contribution in [2.45, 2.75) is 32.4 Å². The molecule has 5 nitrogen and oxygen atoms in total. The van der Waals surface area contributed by atoms with Gasteiger partial charge in [0.15, 0.2) is 0 Å². The van der Waals surface area contributed by atoms with Crippen LogP contribution < -0.4 is 10.1 Å². The van der Waals surface area contributed by atoms with Crippen LogP contribution in [0.3, 0.4) is 0 Å². The van der Waals surface area contributed by atoms with E-state index in [9.17, 15) is 4.79 Å². The van der Waals surface area contributed by atoms with E-state index in [-0.39, 0.29) is 18.4 Å². The van der Waals surface area contributed by atoms with E-state index in [2.05, 4.69) is 9.88 Å². The summed E-state index contributed by atoms with van der Waals surface area (Å²) in [6, 6.07) is 22.4. The van der Waals surface area contributed by atoms with E-state index in [1.807, 2.05) is 67.6 Å². The van der Waals surface area contributed by atoms with Gasteiger partial charge >= 0.3 is 0 Å². The van der Waals surface area contributed by atoms with Crippen molar-refractivity contribution in [1.29, 1.82) is 0 Å². The van der Waals surface area contributed by atoms with Crippen LogP contribution in [0.15, 0.2) is 72.8 Å². The van der Waals surface area contributed by atoms with Gasteiger partial charge < -0.3 is 14.6 Å². The third-order valence-corrected chi connectivity index (χ3v) is 5.84. The molecule has 0 aliphatic rings. The van der Waals surface area contributed by atoms with Gasteiger partial charge in [-0.2, -0.15) is 0 Å². The Morgan fingerprint density at radius 1 is 1.00 bits per heavy atom. The quantitative estimate of drug-likeness (QED) is 0.288. The first-order valence-corrected chi connectivity index (χ1v) is 11.6. The van der Waals surface area contributed by atoms with Gasteiger partial charge in [-0.25, -0.2) is 4.98 Å². The molecule has 1 aromatic heterocycles. The highest BCUT2D eigenvalue weighted by Gasteiger charge is 2.18. The fraction of sp³-hybridized carbons (Fsp3) is 0.231. The fourth-order valence-electron chi connectivity index (χ4n) is 3.75. The van der Waals surface area contributed by atoms with E-state index in [0.717, 1.165) is 41.1 Å². The number of hydrogen-bond acceptors (Lipinski definition) is 3. The van der Waals surface area contributed by atoms with Gasteiger partial charge in [-0.3, -0.25) is 4.79 Å². The van der Waals surface area contributed by atoms with Crippen molar-refractivity contribution < 1.29 is 9.53 Å². The molecule has 0 fully saturated rings. The van der Waals surface area contributed by atoms with Crippen LogP contribution in [-0.2, 0) is 17.8 Å². The summed E-state index contributed by atoms with van der Waals surface area (Å²) >= 11 is 11.9. The third kappa shape index (κ3) is 6.06. The lowest BCUT2D eigenvalue weighted by Gasteiger charge is -2.17. The number of rotatable bonds is 9. The SMILES string of the molecule is CC(NC(=O)Cc1ccc(Cl)cc1)c1nc2ccccc2n1CCCOc1ccc(Cl)cc1. The van der Waals surface area contributed by atoms with Crippen molar-refractivity contribution in [2.75, 3.05) is 6.61 Å². The monoisotopic (exact) mass is 481 g/mol. The standard InChI is InChI=1S/C26H25Cl2N3O2/c1-18(29-25(32)17-19-7-9-20(27)10-8-19)26-30-23-5-2-3-6-24(23)31(26)15-4-16-33-22-13-11-21(28)12-14-22/h2-3,5-14,18H,4,15-17H2,1H3,(H,29,32). The number of carbonyl (C=O) groups excluding carboxylic acids is 1. The second kappa shape index (κ2) is 10.7. The highest BCUT2D eigenvalue weighted by atomic mass is 35.5. The first-order valence-electron chi connectivity index (χ1n) is 10.9. The second-order valence-electron chi connectivity index (χ2n) is 7.86. The summed E-state index contributed by atoms with van der Waals surface area (Å²) < 4.78 is 8.00. The Morgan fingerprint density at radius 3 is 2.39 bits per heavy atom. The van der Waals surface area contributed by atoms with Crippen LogP contribution in [0.1, 0.15) is 30.8 Å². The molecular weight excluding hydrogens is 457 g/mol. The number of halogens is 2. The van der Waals surface area contributed by atoms with E-state index in [0.29, 0.717) is 16.7 Å². The molecule has 4 aromatic rings. The van der Waals surface area contributed by atoms with Crippen LogP contribution in [0, 0.1) is 0 Å². The molecule has 0 saturated heterocycles. The average Bonchev–Trinajstić information content (AvgIpc) is 3.18. The molecule has 170 valence electrons. The summed E-state index contributed by atoms with van der Waals surface area (Å²) in [6.45, 7) is 3.24. The second-order valence-corrected chi connectivity index (χ2v) is 8.73. The molecule has 1 heterocycles. The van der Waals surface area contributed by atoms with Crippen LogP contribution in [0.25, 0.3) is 11.0 Å².